The van der Waals surface area contributed by atoms with Crippen molar-refractivity contribution in [2.24, 2.45) is 0 Å². The van der Waals surface area contributed by atoms with Crippen molar-refractivity contribution in [3.05, 3.63) is 35.4 Å². The minimum absolute atomic E-state index is 0.0857. The first-order valence-corrected chi connectivity index (χ1v) is 5.39. The van der Waals surface area contributed by atoms with E-state index in [1.807, 2.05) is 12.1 Å². The fourth-order valence-corrected chi connectivity index (χ4v) is 1.27. The molecule has 0 saturated carbocycles. The van der Waals surface area contributed by atoms with Gasteiger partial charge in [-0.25, -0.2) is 4.79 Å². The quantitative estimate of drug-likeness (QED) is 0.582. The van der Waals surface area contributed by atoms with Crippen molar-refractivity contribution >= 4 is 5.97 Å². The molecule has 0 aliphatic rings. The summed E-state index contributed by atoms with van der Waals surface area (Å²) in [5, 5.41) is 0. The van der Waals surface area contributed by atoms with E-state index in [4.69, 9.17) is 0 Å². The first-order chi connectivity index (χ1) is 7.45. The van der Waals surface area contributed by atoms with Crippen molar-refractivity contribution in [3.8, 4) is 0 Å². The lowest BCUT2D eigenvalue weighted by Gasteiger charge is -2.18. The van der Waals surface area contributed by atoms with Gasteiger partial charge < -0.3 is 0 Å². The van der Waals surface area contributed by atoms with E-state index in [0.717, 1.165) is 0 Å². The van der Waals surface area contributed by atoms with Gasteiger partial charge >= 0.3 is 5.97 Å². The molecule has 0 spiro atoms. The smallest absolute Gasteiger partial charge is 0.293 e. The molecule has 0 unspecified atom stereocenters. The summed E-state index contributed by atoms with van der Waals surface area (Å²) in [5.74, 6) is -0.456. The highest BCUT2D eigenvalue weighted by Gasteiger charge is 2.14. The van der Waals surface area contributed by atoms with Crippen LogP contribution in [0.2, 0.25) is 0 Å². The van der Waals surface area contributed by atoms with E-state index >= 15 is 0 Å². The summed E-state index contributed by atoms with van der Waals surface area (Å²) in [7, 11) is 0. The molecule has 0 fully saturated rings. The maximum atomic E-state index is 11.4. The van der Waals surface area contributed by atoms with Gasteiger partial charge in [0.25, 0.3) is 0 Å². The average Bonchev–Trinajstić information content (AvgIpc) is 2.25. The Kier molecular flexibility index (Phi) is 4.07. The van der Waals surface area contributed by atoms with Crippen LogP contribution >= 0.6 is 0 Å². The second-order valence-corrected chi connectivity index (χ2v) is 4.60. The predicted octanol–water partition coefficient (Wildman–Crippen LogP) is 3.09. The molecule has 1 aromatic carbocycles. The molecular formula is C13H18O3. The van der Waals surface area contributed by atoms with Gasteiger partial charge in [0.2, 0.25) is 0 Å². The fraction of sp³-hybridized carbons (Fsp3) is 0.462. The number of hydrogen-bond donors (Lipinski definition) is 0. The van der Waals surface area contributed by atoms with Crippen molar-refractivity contribution in [2.45, 2.75) is 33.1 Å². The van der Waals surface area contributed by atoms with Crippen molar-refractivity contribution < 1.29 is 14.6 Å². The highest BCUT2D eigenvalue weighted by Crippen LogP contribution is 2.22. The average molecular weight is 222 g/mol. The molecule has 1 aromatic rings. The van der Waals surface area contributed by atoms with Crippen molar-refractivity contribution in [1.29, 1.82) is 0 Å². The van der Waals surface area contributed by atoms with E-state index in [1.54, 1.807) is 19.1 Å². The molecule has 0 aliphatic heterocycles. The van der Waals surface area contributed by atoms with Gasteiger partial charge in [0.05, 0.1) is 12.2 Å². The zero-order valence-corrected chi connectivity index (χ0v) is 10.2. The molecule has 3 heteroatoms. The van der Waals surface area contributed by atoms with Crippen LogP contribution in [-0.2, 0) is 15.2 Å². The molecule has 16 heavy (non-hydrogen) atoms. The second-order valence-electron chi connectivity index (χ2n) is 4.60. The summed E-state index contributed by atoms with van der Waals surface area (Å²) in [6.07, 6.45) is 0. The molecule has 0 amide bonds. The molecule has 3 nitrogen and oxygen atoms in total. The highest BCUT2D eigenvalue weighted by molar-refractivity contribution is 5.88. The number of benzene rings is 1. The Balaban J connectivity index is 2.75. The zero-order chi connectivity index (χ0) is 12.2. The maximum absolute atomic E-state index is 11.4. The molecule has 0 aromatic heterocycles. The lowest BCUT2D eigenvalue weighted by Crippen LogP contribution is -2.12. The van der Waals surface area contributed by atoms with Crippen LogP contribution in [0.1, 0.15) is 43.6 Å². The summed E-state index contributed by atoms with van der Waals surface area (Å²) in [6, 6.07) is 7.37. The number of rotatable bonds is 3. The van der Waals surface area contributed by atoms with E-state index in [1.165, 1.54) is 5.56 Å². The van der Waals surface area contributed by atoms with Gasteiger partial charge in [-0.3, -0.25) is 4.89 Å². The van der Waals surface area contributed by atoms with Crippen LogP contribution in [-0.4, -0.2) is 12.6 Å². The molecule has 0 atom stereocenters. The second kappa shape index (κ2) is 5.12. The molecule has 0 N–H and O–H groups in total. The van der Waals surface area contributed by atoms with Crippen LogP contribution in [0, 0.1) is 0 Å². The van der Waals surface area contributed by atoms with Gasteiger partial charge in [0.15, 0.2) is 0 Å². The van der Waals surface area contributed by atoms with Crippen LogP contribution in [0.25, 0.3) is 0 Å². The topological polar surface area (TPSA) is 35.5 Å². The minimum atomic E-state index is -0.456. The van der Waals surface area contributed by atoms with E-state index in [9.17, 15) is 4.79 Å². The molecule has 0 aliphatic carbocycles. The third-order valence-electron chi connectivity index (χ3n) is 2.24. The van der Waals surface area contributed by atoms with Crippen LogP contribution < -0.4 is 0 Å². The van der Waals surface area contributed by atoms with Gasteiger partial charge in [0.1, 0.15) is 0 Å². The zero-order valence-electron chi connectivity index (χ0n) is 10.2. The van der Waals surface area contributed by atoms with E-state index in [0.29, 0.717) is 12.2 Å². The standard InChI is InChI=1S/C13H18O3/c1-5-15-16-12(14)10-6-8-11(9-7-10)13(2,3)4/h6-9H,5H2,1-4H3. The molecule has 0 saturated heterocycles. The van der Waals surface area contributed by atoms with Gasteiger partial charge in [-0.15, -0.1) is 0 Å². The van der Waals surface area contributed by atoms with Gasteiger partial charge in [-0.05, 0) is 30.0 Å². The molecule has 0 radical (unpaired) electrons. The third-order valence-corrected chi connectivity index (χ3v) is 2.24. The van der Waals surface area contributed by atoms with Gasteiger partial charge in [-0.1, -0.05) is 32.9 Å². The van der Waals surface area contributed by atoms with Crippen LogP contribution in [0.4, 0.5) is 0 Å². The minimum Gasteiger partial charge on any atom is -0.293 e. The largest absolute Gasteiger partial charge is 0.373 e. The fourth-order valence-electron chi connectivity index (χ4n) is 1.27. The summed E-state index contributed by atoms with van der Waals surface area (Å²) in [5.41, 5.74) is 1.77. The summed E-state index contributed by atoms with van der Waals surface area (Å²) < 4.78 is 0. The van der Waals surface area contributed by atoms with Gasteiger partial charge in [-0.2, -0.15) is 4.89 Å². The Morgan fingerprint density at radius 1 is 1.19 bits per heavy atom. The Hall–Kier alpha value is -1.35. The summed E-state index contributed by atoms with van der Waals surface area (Å²) >= 11 is 0. The first kappa shape index (κ1) is 12.7. The van der Waals surface area contributed by atoms with E-state index in [2.05, 4.69) is 30.5 Å². The highest BCUT2D eigenvalue weighted by atomic mass is 17.2. The molecule has 88 valence electrons. The van der Waals surface area contributed by atoms with E-state index < -0.39 is 5.97 Å². The Bertz CT molecular complexity index is 346. The monoisotopic (exact) mass is 222 g/mol. The molecular weight excluding hydrogens is 204 g/mol. The van der Waals surface area contributed by atoms with Crippen molar-refractivity contribution in [3.63, 3.8) is 0 Å². The SMILES string of the molecule is CCOOC(=O)c1ccc(C(C)(C)C)cc1. The lowest BCUT2D eigenvalue weighted by atomic mass is 9.87. The van der Waals surface area contributed by atoms with Crippen LogP contribution in [0.15, 0.2) is 24.3 Å². The normalized spacial score (nSPS) is 11.2. The van der Waals surface area contributed by atoms with Crippen molar-refractivity contribution in [2.75, 3.05) is 6.61 Å². The third kappa shape index (κ3) is 3.35. The number of carbonyl (C=O) groups excluding carboxylic acids is 1. The van der Waals surface area contributed by atoms with Gasteiger partial charge in [0, 0.05) is 0 Å². The predicted molar refractivity (Wildman–Crippen MR) is 62.2 cm³/mol. The Morgan fingerprint density at radius 2 is 1.75 bits per heavy atom. The Morgan fingerprint density at radius 3 is 2.19 bits per heavy atom. The number of carbonyl (C=O) groups is 1. The molecule has 0 heterocycles. The number of hydrogen-bond acceptors (Lipinski definition) is 3. The van der Waals surface area contributed by atoms with E-state index in [-0.39, 0.29) is 5.41 Å². The maximum Gasteiger partial charge on any atom is 0.373 e. The summed E-state index contributed by atoms with van der Waals surface area (Å²) in [4.78, 5) is 20.6. The van der Waals surface area contributed by atoms with Crippen molar-refractivity contribution in [1.82, 2.24) is 0 Å². The van der Waals surface area contributed by atoms with Crippen LogP contribution in [0.5, 0.6) is 0 Å². The Labute approximate surface area is 96.3 Å². The molecule has 1 rings (SSSR count). The first-order valence-electron chi connectivity index (χ1n) is 5.39. The van der Waals surface area contributed by atoms with Crippen LogP contribution in [0.3, 0.4) is 0 Å². The lowest BCUT2D eigenvalue weighted by molar-refractivity contribution is -0.236. The molecule has 0 bridgehead atoms. The summed E-state index contributed by atoms with van der Waals surface area (Å²) in [6.45, 7) is 8.49.